The van der Waals surface area contributed by atoms with Crippen LogP contribution in [0.25, 0.3) is 10.2 Å². The van der Waals surface area contributed by atoms with E-state index in [1.54, 1.807) is 11.3 Å². The van der Waals surface area contributed by atoms with E-state index in [0.29, 0.717) is 6.54 Å². The maximum absolute atomic E-state index is 5.59. The van der Waals surface area contributed by atoms with Gasteiger partial charge in [0.25, 0.3) is 0 Å². The van der Waals surface area contributed by atoms with Crippen LogP contribution >= 0.6 is 11.3 Å². The minimum Gasteiger partial charge on any atom is -0.370 e. The number of aromatic nitrogens is 4. The van der Waals surface area contributed by atoms with E-state index in [4.69, 9.17) is 4.74 Å². The summed E-state index contributed by atoms with van der Waals surface area (Å²) in [5.41, 5.74) is 2.26. The third-order valence-corrected chi connectivity index (χ3v) is 4.71. The van der Waals surface area contributed by atoms with Gasteiger partial charge in [-0.3, -0.25) is 5.10 Å². The second kappa shape index (κ2) is 5.66. The topological polar surface area (TPSA) is 75.7 Å². The van der Waals surface area contributed by atoms with Crippen LogP contribution in [0, 0.1) is 6.92 Å². The van der Waals surface area contributed by atoms with E-state index in [2.05, 4.69) is 50.6 Å². The second-order valence-corrected chi connectivity index (χ2v) is 6.52. The van der Waals surface area contributed by atoms with Crippen LogP contribution in [0.1, 0.15) is 36.2 Å². The normalized spacial score (nSPS) is 18.1. The molecule has 1 aromatic carbocycles. The first-order valence-corrected chi connectivity index (χ1v) is 8.23. The lowest BCUT2D eigenvalue weighted by molar-refractivity contribution is 0.105. The molecular formula is C15H17N5OS. The number of ether oxygens (including phenoxy) is 1. The van der Waals surface area contributed by atoms with Crippen LogP contribution in [-0.4, -0.2) is 26.8 Å². The molecule has 7 heteroatoms. The number of fused-ring (bicyclic) bond motifs is 1. The fraction of sp³-hybridized carbons (Fsp3) is 0.400. The number of hydrogen-bond acceptors (Lipinski definition) is 6. The third kappa shape index (κ3) is 2.69. The van der Waals surface area contributed by atoms with Crippen molar-refractivity contribution in [1.82, 2.24) is 20.2 Å². The van der Waals surface area contributed by atoms with Crippen molar-refractivity contribution < 1.29 is 4.74 Å². The smallest absolute Gasteiger partial charge is 0.184 e. The summed E-state index contributed by atoms with van der Waals surface area (Å²) in [7, 11) is 0. The SMILES string of the molecule is Cc1ccc2sc(NCc3nc(C4CCCO4)n[nH]3)nc2c1. The number of H-pyrrole nitrogens is 1. The lowest BCUT2D eigenvalue weighted by Crippen LogP contribution is -2.02. The first-order chi connectivity index (χ1) is 10.8. The number of benzene rings is 1. The molecule has 1 atom stereocenters. The van der Waals surface area contributed by atoms with Gasteiger partial charge in [-0.2, -0.15) is 5.10 Å². The summed E-state index contributed by atoms with van der Waals surface area (Å²) >= 11 is 1.65. The molecule has 0 aliphatic carbocycles. The summed E-state index contributed by atoms with van der Waals surface area (Å²) < 4.78 is 6.78. The van der Waals surface area contributed by atoms with E-state index in [9.17, 15) is 0 Å². The average Bonchev–Trinajstić information content (AvgIpc) is 3.24. The van der Waals surface area contributed by atoms with Gasteiger partial charge in [0.15, 0.2) is 11.0 Å². The Bertz CT molecular complexity index is 790. The van der Waals surface area contributed by atoms with Gasteiger partial charge >= 0.3 is 0 Å². The summed E-state index contributed by atoms with van der Waals surface area (Å²) in [6.45, 7) is 3.46. The Hall–Kier alpha value is -1.99. The molecule has 114 valence electrons. The Morgan fingerprint density at radius 3 is 3.23 bits per heavy atom. The number of nitrogens with zero attached hydrogens (tertiary/aromatic N) is 3. The van der Waals surface area contributed by atoms with Crippen LogP contribution in [0.5, 0.6) is 0 Å². The molecule has 4 rings (SSSR count). The molecule has 1 fully saturated rings. The van der Waals surface area contributed by atoms with Gasteiger partial charge in [0.1, 0.15) is 11.9 Å². The number of aromatic amines is 1. The third-order valence-electron chi connectivity index (χ3n) is 3.72. The van der Waals surface area contributed by atoms with Gasteiger partial charge in [0, 0.05) is 6.61 Å². The van der Waals surface area contributed by atoms with Gasteiger partial charge in [0.05, 0.1) is 16.8 Å². The zero-order valence-electron chi connectivity index (χ0n) is 12.3. The Morgan fingerprint density at radius 2 is 2.36 bits per heavy atom. The molecule has 1 aliphatic heterocycles. The summed E-state index contributed by atoms with van der Waals surface area (Å²) in [6.07, 6.45) is 2.13. The fourth-order valence-electron chi connectivity index (χ4n) is 2.59. The highest BCUT2D eigenvalue weighted by Gasteiger charge is 2.21. The molecule has 0 spiro atoms. The fourth-order valence-corrected chi connectivity index (χ4v) is 3.43. The van der Waals surface area contributed by atoms with E-state index in [-0.39, 0.29) is 6.10 Å². The Labute approximate surface area is 131 Å². The van der Waals surface area contributed by atoms with Gasteiger partial charge in [-0.1, -0.05) is 17.4 Å². The van der Waals surface area contributed by atoms with Gasteiger partial charge in [-0.05, 0) is 37.5 Å². The van der Waals surface area contributed by atoms with Gasteiger partial charge in [-0.25, -0.2) is 9.97 Å². The van der Waals surface area contributed by atoms with Gasteiger partial charge < -0.3 is 10.1 Å². The number of nitrogens with one attached hydrogen (secondary N) is 2. The quantitative estimate of drug-likeness (QED) is 0.773. The van der Waals surface area contributed by atoms with Crippen LogP contribution in [0.4, 0.5) is 5.13 Å². The van der Waals surface area contributed by atoms with Crippen LogP contribution in [0.2, 0.25) is 0 Å². The van der Waals surface area contributed by atoms with Crippen LogP contribution in [0.15, 0.2) is 18.2 Å². The number of anilines is 1. The highest BCUT2D eigenvalue weighted by Crippen LogP contribution is 2.27. The van der Waals surface area contributed by atoms with Crippen molar-refractivity contribution in [1.29, 1.82) is 0 Å². The first-order valence-electron chi connectivity index (χ1n) is 7.42. The predicted molar refractivity (Wildman–Crippen MR) is 86.0 cm³/mol. The molecule has 0 saturated carbocycles. The lowest BCUT2D eigenvalue weighted by atomic mass is 10.2. The summed E-state index contributed by atoms with van der Waals surface area (Å²) in [5, 5.41) is 11.4. The molecule has 1 unspecified atom stereocenters. The van der Waals surface area contributed by atoms with Crippen molar-refractivity contribution in [2.24, 2.45) is 0 Å². The highest BCUT2D eigenvalue weighted by molar-refractivity contribution is 7.22. The molecule has 1 saturated heterocycles. The van der Waals surface area contributed by atoms with Crippen molar-refractivity contribution in [3.63, 3.8) is 0 Å². The van der Waals surface area contributed by atoms with Crippen molar-refractivity contribution >= 4 is 26.7 Å². The highest BCUT2D eigenvalue weighted by atomic mass is 32.1. The van der Waals surface area contributed by atoms with Crippen LogP contribution in [0.3, 0.4) is 0 Å². The van der Waals surface area contributed by atoms with Crippen molar-refractivity contribution in [3.05, 3.63) is 35.4 Å². The molecule has 22 heavy (non-hydrogen) atoms. The molecule has 0 radical (unpaired) electrons. The largest absolute Gasteiger partial charge is 0.370 e. The monoisotopic (exact) mass is 315 g/mol. The second-order valence-electron chi connectivity index (χ2n) is 5.49. The molecule has 0 bridgehead atoms. The molecule has 2 N–H and O–H groups in total. The van der Waals surface area contributed by atoms with Crippen LogP contribution < -0.4 is 5.32 Å². The predicted octanol–water partition coefficient (Wildman–Crippen LogP) is 3.19. The van der Waals surface area contributed by atoms with E-state index < -0.39 is 0 Å². The van der Waals surface area contributed by atoms with Gasteiger partial charge in [0.2, 0.25) is 0 Å². The average molecular weight is 315 g/mol. The molecule has 3 heterocycles. The Balaban J connectivity index is 1.44. The summed E-state index contributed by atoms with van der Waals surface area (Å²) in [4.78, 5) is 9.09. The minimum absolute atomic E-state index is 0.0513. The number of hydrogen-bond donors (Lipinski definition) is 2. The maximum atomic E-state index is 5.59. The number of rotatable bonds is 4. The van der Waals surface area contributed by atoms with Crippen molar-refractivity contribution in [2.75, 3.05) is 11.9 Å². The van der Waals surface area contributed by atoms with E-state index in [0.717, 1.165) is 41.7 Å². The number of thiazole rings is 1. The van der Waals surface area contributed by atoms with Gasteiger partial charge in [-0.15, -0.1) is 0 Å². The molecule has 3 aromatic rings. The zero-order valence-corrected chi connectivity index (χ0v) is 13.1. The Kier molecular flexibility index (Phi) is 3.51. The molecule has 1 aliphatic rings. The standard InChI is InChI=1S/C15H17N5OS/c1-9-4-5-12-10(7-9)17-15(22-12)16-8-13-18-14(20-19-13)11-3-2-6-21-11/h4-5,7,11H,2-3,6,8H2,1H3,(H,16,17)(H,18,19,20). The molecule has 2 aromatic heterocycles. The van der Waals surface area contributed by atoms with E-state index in [1.165, 1.54) is 10.3 Å². The van der Waals surface area contributed by atoms with Crippen molar-refractivity contribution in [3.8, 4) is 0 Å². The number of aryl methyl sites for hydroxylation is 1. The first kappa shape index (κ1) is 13.7. The van der Waals surface area contributed by atoms with E-state index >= 15 is 0 Å². The minimum atomic E-state index is 0.0513. The molecule has 6 nitrogen and oxygen atoms in total. The lowest BCUT2D eigenvalue weighted by Gasteiger charge is -2.02. The Morgan fingerprint density at radius 1 is 1.41 bits per heavy atom. The summed E-state index contributed by atoms with van der Waals surface area (Å²) in [5.74, 6) is 1.56. The van der Waals surface area contributed by atoms with E-state index in [1.807, 2.05) is 0 Å². The van der Waals surface area contributed by atoms with Crippen molar-refractivity contribution in [2.45, 2.75) is 32.4 Å². The van der Waals surface area contributed by atoms with Crippen LogP contribution in [-0.2, 0) is 11.3 Å². The summed E-state index contributed by atoms with van der Waals surface area (Å²) in [6, 6.07) is 6.31. The molecular weight excluding hydrogens is 298 g/mol. The molecule has 0 amide bonds. The zero-order chi connectivity index (χ0) is 14.9. The maximum Gasteiger partial charge on any atom is 0.184 e.